The molecule has 2 amide bonds. The van der Waals surface area contributed by atoms with Crippen molar-refractivity contribution in [2.75, 3.05) is 31.6 Å². The summed E-state index contributed by atoms with van der Waals surface area (Å²) in [6.45, 7) is 8.74. The van der Waals surface area contributed by atoms with Crippen molar-refractivity contribution in [3.63, 3.8) is 0 Å². The first-order valence-corrected chi connectivity index (χ1v) is 14.9. The molecule has 0 atom stereocenters. The molecule has 0 saturated carbocycles. The van der Waals surface area contributed by atoms with Crippen LogP contribution in [0.3, 0.4) is 0 Å². The first-order valence-electron chi connectivity index (χ1n) is 11.2. The molecule has 0 unspecified atom stereocenters. The Hall–Kier alpha value is -2.49. The Bertz CT molecular complexity index is 1040. The number of benzene rings is 1. The van der Waals surface area contributed by atoms with Crippen molar-refractivity contribution in [2.45, 2.75) is 51.9 Å². The van der Waals surface area contributed by atoms with Crippen LogP contribution < -0.4 is 4.90 Å². The van der Waals surface area contributed by atoms with Crippen molar-refractivity contribution in [1.29, 1.82) is 0 Å². The number of ether oxygens (including phenoxy) is 1. The predicted octanol–water partition coefficient (Wildman–Crippen LogP) is 2.52. The first kappa shape index (κ1) is 22.7. The summed E-state index contributed by atoms with van der Waals surface area (Å²) in [7, 11) is 0.601. The standard InChI is InChI=1S/C23H32N4O4Si/c1-25-9-7-16-5-6-17(13-19(16)22(25)29)26-10-8-18-20(14-28)27(24-21(18)23(26)30)15-31-11-12-32(2,3)4/h5-6,13,28H,7-12,14-15H2,1-4H3/q-1. The van der Waals surface area contributed by atoms with Crippen molar-refractivity contribution in [3.8, 4) is 0 Å². The van der Waals surface area contributed by atoms with Gasteiger partial charge in [0.15, 0.2) is 5.69 Å². The van der Waals surface area contributed by atoms with Gasteiger partial charge in [-0.2, -0.15) is 24.7 Å². The van der Waals surface area contributed by atoms with E-state index in [9.17, 15) is 14.7 Å². The highest BCUT2D eigenvalue weighted by molar-refractivity contribution is 6.76. The average Bonchev–Trinajstić information content (AvgIpc) is 3.12. The Kier molecular flexibility index (Phi) is 6.24. The van der Waals surface area contributed by atoms with Crippen LogP contribution in [0.1, 0.15) is 37.7 Å². The highest BCUT2D eigenvalue weighted by Crippen LogP contribution is 2.29. The molecule has 2 aliphatic rings. The molecule has 9 heteroatoms. The maximum atomic E-state index is 13.3. The zero-order chi connectivity index (χ0) is 23.0. The van der Waals surface area contributed by atoms with Crippen LogP contribution in [-0.4, -0.2) is 66.4 Å². The molecule has 0 radical (unpaired) electrons. The molecular formula is C23H32N4O4Si-. The van der Waals surface area contributed by atoms with Crippen LogP contribution >= 0.6 is 0 Å². The quantitative estimate of drug-likeness (QED) is 0.511. The number of anilines is 1. The molecule has 0 spiro atoms. The van der Waals surface area contributed by atoms with E-state index in [-0.39, 0.29) is 25.2 Å². The van der Waals surface area contributed by atoms with Crippen LogP contribution in [-0.2, 0) is 30.9 Å². The Morgan fingerprint density at radius 1 is 1.12 bits per heavy atom. The van der Waals surface area contributed by atoms with E-state index in [1.165, 1.54) is 0 Å². The maximum Gasteiger partial charge on any atom is 0.279 e. The van der Waals surface area contributed by atoms with Crippen molar-refractivity contribution in [1.82, 2.24) is 14.7 Å². The van der Waals surface area contributed by atoms with E-state index in [1.54, 1.807) is 21.5 Å². The highest BCUT2D eigenvalue weighted by Gasteiger charge is 2.33. The lowest BCUT2D eigenvalue weighted by atomic mass is 9.97. The molecule has 1 aromatic carbocycles. The molecule has 0 saturated heterocycles. The van der Waals surface area contributed by atoms with E-state index in [1.807, 2.05) is 18.2 Å². The summed E-state index contributed by atoms with van der Waals surface area (Å²) >= 11 is 0. The molecular weight excluding hydrogens is 424 g/mol. The molecule has 1 N–H and O–H groups in total. The van der Waals surface area contributed by atoms with E-state index in [4.69, 9.17) is 4.74 Å². The van der Waals surface area contributed by atoms with Gasteiger partial charge in [-0.1, -0.05) is 6.07 Å². The average molecular weight is 457 g/mol. The van der Waals surface area contributed by atoms with Crippen molar-refractivity contribution >= 4 is 25.6 Å². The van der Waals surface area contributed by atoms with Gasteiger partial charge in [-0.15, -0.1) is 14.1 Å². The summed E-state index contributed by atoms with van der Waals surface area (Å²) < 4.78 is 7.42. The zero-order valence-electron chi connectivity index (χ0n) is 19.3. The summed E-state index contributed by atoms with van der Waals surface area (Å²) in [5, 5.41) is 14.4. The summed E-state index contributed by atoms with van der Waals surface area (Å²) in [6, 6.07) is 6.72. The van der Waals surface area contributed by atoms with Gasteiger partial charge in [-0.25, -0.2) is 4.68 Å². The second-order valence-electron chi connectivity index (χ2n) is 9.80. The second kappa shape index (κ2) is 8.80. The van der Waals surface area contributed by atoms with Crippen molar-refractivity contribution in [3.05, 3.63) is 46.3 Å². The van der Waals surface area contributed by atoms with E-state index in [0.29, 0.717) is 48.8 Å². The monoisotopic (exact) mass is 456 g/mol. The molecule has 32 heavy (non-hydrogen) atoms. The minimum absolute atomic E-state index is 0.0134. The minimum atomic E-state index is -1.20. The van der Waals surface area contributed by atoms with Gasteiger partial charge in [0.2, 0.25) is 0 Å². The van der Waals surface area contributed by atoms with E-state index in [2.05, 4.69) is 24.7 Å². The van der Waals surface area contributed by atoms with Crippen molar-refractivity contribution in [2.24, 2.45) is 0 Å². The number of likely N-dealkylation sites (N-methyl/N-ethyl adjacent to an activating group) is 1. The smallest absolute Gasteiger partial charge is 0.279 e. The van der Waals surface area contributed by atoms with E-state index >= 15 is 0 Å². The zero-order valence-corrected chi connectivity index (χ0v) is 20.3. The van der Waals surface area contributed by atoms with E-state index < -0.39 is 8.07 Å². The number of carbonyl (C=O) groups excluding carboxylic acids is 2. The number of aromatic nitrogens is 2. The van der Waals surface area contributed by atoms with Gasteiger partial charge in [0.1, 0.15) is 6.73 Å². The number of nitrogens with zero attached hydrogens (tertiary/aromatic N) is 4. The number of rotatable bonds is 7. The summed E-state index contributed by atoms with van der Waals surface area (Å²) in [6.07, 6.45) is 1.41. The minimum Gasteiger partial charge on any atom is -0.390 e. The molecule has 173 valence electrons. The van der Waals surface area contributed by atoms with Gasteiger partial charge >= 0.3 is 0 Å². The molecule has 3 heterocycles. The molecule has 1 aromatic heterocycles. The van der Waals surface area contributed by atoms with Gasteiger partial charge in [0.25, 0.3) is 11.8 Å². The fourth-order valence-electron chi connectivity index (χ4n) is 4.23. The third-order valence-electron chi connectivity index (χ3n) is 6.26. The largest absolute Gasteiger partial charge is 0.390 e. The number of carbonyl (C=O) groups is 2. The van der Waals surface area contributed by atoms with Crippen LogP contribution in [0.15, 0.2) is 18.2 Å². The van der Waals surface area contributed by atoms with Gasteiger partial charge in [0, 0.05) is 43.6 Å². The van der Waals surface area contributed by atoms with Gasteiger partial charge < -0.3 is 19.6 Å². The third kappa shape index (κ3) is 4.37. The second-order valence-corrected chi connectivity index (χ2v) is 15.4. The topological polar surface area (TPSA) is 87.9 Å². The fourth-order valence-corrected chi connectivity index (χ4v) is 4.98. The molecule has 2 aliphatic heterocycles. The first-order chi connectivity index (χ1) is 15.2. The normalized spacial score (nSPS) is 16.4. The third-order valence-corrected chi connectivity index (χ3v) is 7.96. The molecule has 0 bridgehead atoms. The number of aliphatic hydroxyl groups is 1. The van der Waals surface area contributed by atoms with Crippen LogP contribution in [0.4, 0.5) is 5.69 Å². The Labute approximate surface area is 189 Å². The SMILES string of the molecule is CN1CCc2ccc(N3CCc4c(nn(COCC[Si-](C)(C)C)c4CO)C3=O)cc2C1=O. The van der Waals surface area contributed by atoms with Crippen molar-refractivity contribution < 1.29 is 19.4 Å². The lowest BCUT2D eigenvalue weighted by molar-refractivity contribution is 0.0725. The van der Waals surface area contributed by atoms with Gasteiger partial charge in [0.05, 0.1) is 12.3 Å². The predicted molar refractivity (Wildman–Crippen MR) is 125 cm³/mol. The van der Waals surface area contributed by atoms with Crippen LogP contribution in [0.25, 0.3) is 0 Å². The Morgan fingerprint density at radius 3 is 2.62 bits per heavy atom. The summed E-state index contributed by atoms with van der Waals surface area (Å²) in [5.74, 6) is -0.223. The number of amides is 2. The van der Waals surface area contributed by atoms with Crippen LogP contribution in [0.2, 0.25) is 25.7 Å². The Balaban J connectivity index is 1.55. The van der Waals surface area contributed by atoms with Crippen LogP contribution in [0, 0.1) is 0 Å². The number of hydrogen-bond donors (Lipinski definition) is 1. The molecule has 8 nitrogen and oxygen atoms in total. The molecule has 0 aliphatic carbocycles. The lowest BCUT2D eigenvalue weighted by Gasteiger charge is -2.29. The van der Waals surface area contributed by atoms with Gasteiger partial charge in [-0.05, 0) is 30.5 Å². The summed E-state index contributed by atoms with van der Waals surface area (Å²) in [4.78, 5) is 29.3. The summed E-state index contributed by atoms with van der Waals surface area (Å²) in [5.41, 5.74) is 4.17. The highest BCUT2D eigenvalue weighted by atomic mass is 28.3. The van der Waals surface area contributed by atoms with Crippen LogP contribution in [0.5, 0.6) is 0 Å². The lowest BCUT2D eigenvalue weighted by Crippen LogP contribution is -2.39. The maximum absolute atomic E-state index is 13.3. The fraction of sp³-hybridized carbons (Fsp3) is 0.522. The Morgan fingerprint density at radius 2 is 1.91 bits per heavy atom. The number of aliphatic hydroxyl groups excluding tert-OH is 1. The molecule has 2 aromatic rings. The van der Waals surface area contributed by atoms with Gasteiger partial charge in [-0.3, -0.25) is 9.59 Å². The number of fused-ring (bicyclic) bond motifs is 2. The van der Waals surface area contributed by atoms with E-state index in [0.717, 1.165) is 23.6 Å². The molecule has 0 fully saturated rings. The number of hydrogen-bond acceptors (Lipinski definition) is 5. The molecule has 4 rings (SSSR count).